The van der Waals surface area contributed by atoms with E-state index in [9.17, 15) is 5.11 Å². The number of piperidine rings is 1. The van der Waals surface area contributed by atoms with E-state index in [1.807, 2.05) is 54.6 Å². The molecular formula is C29H30N6O. The molecule has 6 rings (SSSR count). The van der Waals surface area contributed by atoms with E-state index in [4.69, 9.17) is 15.7 Å². The molecule has 1 fully saturated rings. The van der Waals surface area contributed by atoms with Crippen molar-refractivity contribution < 1.29 is 5.11 Å². The number of H-pyrrole nitrogens is 1. The second-order valence-corrected chi connectivity index (χ2v) is 9.49. The maximum Gasteiger partial charge on any atom is 0.197 e. The van der Waals surface area contributed by atoms with Crippen LogP contribution in [-0.4, -0.2) is 40.7 Å². The van der Waals surface area contributed by atoms with E-state index >= 15 is 0 Å². The van der Waals surface area contributed by atoms with Crippen molar-refractivity contribution in [3.63, 3.8) is 0 Å². The van der Waals surface area contributed by atoms with Crippen molar-refractivity contribution in [2.75, 3.05) is 30.7 Å². The maximum atomic E-state index is 11.1. The van der Waals surface area contributed by atoms with Gasteiger partial charge in [0.15, 0.2) is 11.7 Å². The Kier molecular flexibility index (Phi) is 5.70. The molecule has 2 aliphatic heterocycles. The summed E-state index contributed by atoms with van der Waals surface area (Å²) in [5.74, 6) is 0.668. The smallest absolute Gasteiger partial charge is 0.197 e. The van der Waals surface area contributed by atoms with Gasteiger partial charge in [0.1, 0.15) is 0 Å². The SMILES string of the molecule is CCN1CCC(Nc2ccc3[nH]c(O)c(C(=C4N=c5ccccc5=N4)c4ccc(N)cc4)c3c2)CC1. The standard InChI is InChI=1S/C29H30N6O/c1-2-35-15-13-20(14-16-35)31-21-11-12-23-22(17-21)27(29(36)34-23)26(18-7-9-19(30)10-8-18)28-32-24-5-3-4-6-25(24)33-28/h3-12,17,20,31,34,36H,2,13-16,30H2,1H3. The van der Waals surface area contributed by atoms with Crippen LogP contribution in [0.3, 0.4) is 0 Å². The predicted octanol–water partition coefficient (Wildman–Crippen LogP) is 4.02. The zero-order valence-corrected chi connectivity index (χ0v) is 20.3. The van der Waals surface area contributed by atoms with Crippen LogP contribution in [0.4, 0.5) is 11.4 Å². The number of hydrogen-bond donors (Lipinski definition) is 4. The molecule has 0 aliphatic carbocycles. The number of rotatable bonds is 5. The number of fused-ring (bicyclic) bond motifs is 2. The number of anilines is 2. The van der Waals surface area contributed by atoms with Gasteiger partial charge in [-0.15, -0.1) is 0 Å². The summed E-state index contributed by atoms with van der Waals surface area (Å²) >= 11 is 0. The minimum Gasteiger partial charge on any atom is -0.494 e. The van der Waals surface area contributed by atoms with Gasteiger partial charge in [-0.05, 0) is 67.4 Å². The third-order valence-corrected chi connectivity index (χ3v) is 7.19. The van der Waals surface area contributed by atoms with Crippen molar-refractivity contribution in [2.45, 2.75) is 25.8 Å². The third-order valence-electron chi connectivity index (χ3n) is 7.19. The van der Waals surface area contributed by atoms with Gasteiger partial charge in [0.2, 0.25) is 0 Å². The van der Waals surface area contributed by atoms with Crippen molar-refractivity contribution in [3.8, 4) is 5.88 Å². The third kappa shape index (κ3) is 4.12. The molecule has 1 aromatic heterocycles. The van der Waals surface area contributed by atoms with Crippen molar-refractivity contribution >= 4 is 27.9 Å². The van der Waals surface area contributed by atoms with Crippen LogP contribution in [0, 0.1) is 0 Å². The van der Waals surface area contributed by atoms with Crippen molar-refractivity contribution in [1.82, 2.24) is 9.88 Å². The van der Waals surface area contributed by atoms with Crippen LogP contribution in [0.15, 0.2) is 82.5 Å². The van der Waals surface area contributed by atoms with Gasteiger partial charge in [0.05, 0.1) is 16.3 Å². The number of aromatic hydroxyl groups is 1. The second kappa shape index (κ2) is 9.17. The number of aromatic nitrogens is 1. The van der Waals surface area contributed by atoms with Crippen molar-refractivity contribution in [3.05, 3.63) is 94.4 Å². The highest BCUT2D eigenvalue weighted by Crippen LogP contribution is 2.40. The van der Waals surface area contributed by atoms with E-state index in [0.29, 0.717) is 23.1 Å². The van der Waals surface area contributed by atoms with E-state index < -0.39 is 0 Å². The van der Waals surface area contributed by atoms with Crippen LogP contribution >= 0.6 is 0 Å². The van der Waals surface area contributed by atoms with Gasteiger partial charge >= 0.3 is 0 Å². The number of nitrogens with one attached hydrogen (secondary N) is 2. The Morgan fingerprint density at radius 1 is 1.03 bits per heavy atom. The van der Waals surface area contributed by atoms with Crippen LogP contribution in [0.25, 0.3) is 16.5 Å². The molecule has 4 aromatic rings. The van der Waals surface area contributed by atoms with Crippen molar-refractivity contribution in [2.24, 2.45) is 9.98 Å². The molecule has 5 N–H and O–H groups in total. The fourth-order valence-corrected chi connectivity index (χ4v) is 5.20. The minimum absolute atomic E-state index is 0.0964. The second-order valence-electron chi connectivity index (χ2n) is 9.49. The number of likely N-dealkylation sites (tertiary alicyclic amines) is 1. The summed E-state index contributed by atoms with van der Waals surface area (Å²) in [7, 11) is 0. The van der Waals surface area contributed by atoms with Crippen LogP contribution in [0.1, 0.15) is 30.9 Å². The van der Waals surface area contributed by atoms with E-state index in [0.717, 1.165) is 70.9 Å². The number of aromatic amines is 1. The Morgan fingerprint density at radius 2 is 1.72 bits per heavy atom. The Hall–Kier alpha value is -4.10. The van der Waals surface area contributed by atoms with Gasteiger partial charge in [-0.3, -0.25) is 0 Å². The van der Waals surface area contributed by atoms with Crippen LogP contribution in [-0.2, 0) is 0 Å². The molecule has 7 nitrogen and oxygen atoms in total. The average molecular weight is 479 g/mol. The van der Waals surface area contributed by atoms with Gasteiger partial charge in [-0.2, -0.15) is 0 Å². The van der Waals surface area contributed by atoms with E-state index in [2.05, 4.69) is 34.3 Å². The molecule has 0 bridgehead atoms. The molecule has 3 heterocycles. The van der Waals surface area contributed by atoms with Gasteiger partial charge in [-0.1, -0.05) is 31.2 Å². The van der Waals surface area contributed by atoms with E-state index in [-0.39, 0.29) is 5.88 Å². The molecule has 2 aliphatic rings. The molecule has 1 saturated heterocycles. The van der Waals surface area contributed by atoms with Gasteiger partial charge in [-0.25, -0.2) is 9.98 Å². The maximum absolute atomic E-state index is 11.1. The zero-order chi connectivity index (χ0) is 24.6. The number of nitrogen functional groups attached to an aromatic ring is 1. The van der Waals surface area contributed by atoms with Gasteiger partial charge < -0.3 is 26.0 Å². The highest BCUT2D eigenvalue weighted by molar-refractivity contribution is 6.01. The Morgan fingerprint density at radius 3 is 2.39 bits per heavy atom. The van der Waals surface area contributed by atoms with Crippen LogP contribution in [0.5, 0.6) is 5.88 Å². The summed E-state index contributed by atoms with van der Waals surface area (Å²) in [6, 6.07) is 22.1. The normalized spacial score (nSPS) is 16.0. The number of para-hydroxylation sites is 2. The number of benzene rings is 3. The summed E-state index contributed by atoms with van der Waals surface area (Å²) in [5, 5.41) is 17.4. The van der Waals surface area contributed by atoms with Crippen LogP contribution in [0.2, 0.25) is 0 Å². The Balaban J connectivity index is 1.47. The van der Waals surface area contributed by atoms with Gasteiger partial charge in [0.25, 0.3) is 0 Å². The zero-order valence-electron chi connectivity index (χ0n) is 20.3. The van der Waals surface area contributed by atoms with Crippen molar-refractivity contribution in [1.29, 1.82) is 0 Å². The monoisotopic (exact) mass is 478 g/mol. The highest BCUT2D eigenvalue weighted by Gasteiger charge is 2.23. The first-order chi connectivity index (χ1) is 17.6. The Bertz CT molecular complexity index is 1540. The summed E-state index contributed by atoms with van der Waals surface area (Å²) in [4.78, 5) is 15.3. The number of nitrogens with zero attached hydrogens (tertiary/aromatic N) is 3. The highest BCUT2D eigenvalue weighted by atomic mass is 16.3. The molecule has 7 heteroatoms. The summed E-state index contributed by atoms with van der Waals surface area (Å²) in [6.45, 7) is 5.55. The summed E-state index contributed by atoms with van der Waals surface area (Å²) in [6.07, 6.45) is 2.24. The molecule has 0 unspecified atom stereocenters. The average Bonchev–Trinajstić information content (AvgIpc) is 3.46. The van der Waals surface area contributed by atoms with Crippen LogP contribution < -0.4 is 21.8 Å². The molecule has 0 amide bonds. The number of hydrogen-bond acceptors (Lipinski definition) is 6. The molecule has 0 radical (unpaired) electrons. The molecular weight excluding hydrogens is 448 g/mol. The van der Waals surface area contributed by atoms with Gasteiger partial charge in [0, 0.05) is 47.0 Å². The first-order valence-corrected chi connectivity index (χ1v) is 12.6. The fraction of sp³-hybridized carbons (Fsp3) is 0.241. The topological polar surface area (TPSA) is 102 Å². The fourth-order valence-electron chi connectivity index (χ4n) is 5.20. The largest absolute Gasteiger partial charge is 0.494 e. The lowest BCUT2D eigenvalue weighted by molar-refractivity contribution is 0.229. The quantitative estimate of drug-likeness (QED) is 0.325. The molecule has 182 valence electrons. The molecule has 0 atom stereocenters. The summed E-state index contributed by atoms with van der Waals surface area (Å²) < 4.78 is 0. The first kappa shape index (κ1) is 22.4. The first-order valence-electron chi connectivity index (χ1n) is 12.6. The number of nitrogens with two attached hydrogens (primary N) is 1. The summed E-state index contributed by atoms with van der Waals surface area (Å²) in [5.41, 5.74) is 10.9. The van der Waals surface area contributed by atoms with E-state index in [1.165, 1.54) is 0 Å². The lowest BCUT2D eigenvalue weighted by Crippen LogP contribution is -2.38. The minimum atomic E-state index is 0.0964. The lowest BCUT2D eigenvalue weighted by Gasteiger charge is -2.32. The molecule has 3 aromatic carbocycles. The molecule has 0 spiro atoms. The molecule has 0 saturated carbocycles. The lowest BCUT2D eigenvalue weighted by atomic mass is 9.96. The molecule has 36 heavy (non-hydrogen) atoms. The predicted molar refractivity (Wildman–Crippen MR) is 144 cm³/mol. The Labute approximate surface area is 209 Å². The van der Waals surface area contributed by atoms with E-state index in [1.54, 1.807) is 0 Å².